The summed E-state index contributed by atoms with van der Waals surface area (Å²) in [5.41, 5.74) is 2.03. The van der Waals surface area contributed by atoms with Gasteiger partial charge in [0.25, 0.3) is 0 Å². The molecule has 38 heavy (non-hydrogen) atoms. The quantitative estimate of drug-likeness (QED) is 0.176. The smallest absolute Gasteiger partial charge is 0.408 e. The number of carbonyl (C=O) groups excluding carboxylic acids is 2. The van der Waals surface area contributed by atoms with Crippen molar-refractivity contribution in [3.8, 4) is 11.5 Å². The van der Waals surface area contributed by atoms with E-state index in [2.05, 4.69) is 5.32 Å². The van der Waals surface area contributed by atoms with Crippen LogP contribution in [0.2, 0.25) is 0 Å². The van der Waals surface area contributed by atoms with Gasteiger partial charge in [0.05, 0.1) is 5.39 Å². The van der Waals surface area contributed by atoms with Gasteiger partial charge in [-0.1, -0.05) is 72.8 Å². The van der Waals surface area contributed by atoms with Gasteiger partial charge in [-0.25, -0.2) is 9.59 Å². The highest BCUT2D eigenvalue weighted by molar-refractivity contribution is 5.95. The SMILES string of the molecule is Cc1cccc2c(=O)c3c(O)cc(OC(=O)C(NC(=O)OCc4ccccc4)c4ccccc4)cc3oc12. The van der Waals surface area contributed by atoms with Gasteiger partial charge in [-0.05, 0) is 29.7 Å². The first-order valence-electron chi connectivity index (χ1n) is 11.8. The van der Waals surface area contributed by atoms with Crippen molar-refractivity contribution in [3.05, 3.63) is 118 Å². The third-order valence-corrected chi connectivity index (χ3v) is 6.01. The van der Waals surface area contributed by atoms with Crippen LogP contribution in [0.15, 0.2) is 100 Å². The summed E-state index contributed by atoms with van der Waals surface area (Å²) >= 11 is 0. The molecule has 0 bridgehead atoms. The molecule has 0 fully saturated rings. The Balaban J connectivity index is 1.42. The predicted molar refractivity (Wildman–Crippen MR) is 141 cm³/mol. The topological polar surface area (TPSA) is 115 Å². The number of phenolic OH excluding ortho intramolecular Hbond substituents is 1. The van der Waals surface area contributed by atoms with Crippen molar-refractivity contribution in [1.29, 1.82) is 0 Å². The van der Waals surface area contributed by atoms with Crippen LogP contribution in [0.25, 0.3) is 21.9 Å². The number of carbonyl (C=O) groups is 2. The number of rotatable bonds is 6. The number of benzene rings is 4. The zero-order valence-corrected chi connectivity index (χ0v) is 20.3. The van der Waals surface area contributed by atoms with Crippen molar-refractivity contribution in [3.63, 3.8) is 0 Å². The van der Waals surface area contributed by atoms with Gasteiger partial charge in [-0.15, -0.1) is 0 Å². The molecule has 0 aliphatic rings. The molecule has 1 aromatic heterocycles. The fraction of sp³-hybridized carbons (Fsp3) is 0.100. The number of hydrogen-bond donors (Lipinski definition) is 2. The summed E-state index contributed by atoms with van der Waals surface area (Å²) in [6, 6.07) is 24.1. The lowest BCUT2D eigenvalue weighted by Gasteiger charge is -2.18. The molecule has 0 spiro atoms. The Labute approximate surface area is 217 Å². The summed E-state index contributed by atoms with van der Waals surface area (Å²) in [5.74, 6) is -1.28. The number of amides is 1. The van der Waals surface area contributed by atoms with Gasteiger partial charge in [0, 0.05) is 12.1 Å². The van der Waals surface area contributed by atoms with E-state index >= 15 is 0 Å². The van der Waals surface area contributed by atoms with E-state index in [4.69, 9.17) is 13.9 Å². The normalized spacial score (nSPS) is 11.7. The van der Waals surface area contributed by atoms with Crippen LogP contribution in [0.4, 0.5) is 4.79 Å². The van der Waals surface area contributed by atoms with E-state index in [9.17, 15) is 19.5 Å². The van der Waals surface area contributed by atoms with E-state index in [-0.39, 0.29) is 23.3 Å². The molecule has 4 aromatic carbocycles. The Kier molecular flexibility index (Phi) is 6.78. The van der Waals surface area contributed by atoms with Crippen molar-refractivity contribution in [2.45, 2.75) is 19.6 Å². The summed E-state index contributed by atoms with van der Waals surface area (Å²) in [7, 11) is 0. The molecular formula is C30H23NO7. The zero-order chi connectivity index (χ0) is 26.6. The van der Waals surface area contributed by atoms with E-state index < -0.39 is 29.3 Å². The van der Waals surface area contributed by atoms with Gasteiger partial charge in [-0.2, -0.15) is 0 Å². The van der Waals surface area contributed by atoms with Crippen molar-refractivity contribution in [2.75, 3.05) is 0 Å². The number of hydrogen-bond acceptors (Lipinski definition) is 7. The van der Waals surface area contributed by atoms with Crippen LogP contribution >= 0.6 is 0 Å². The molecule has 1 amide bonds. The van der Waals surface area contributed by atoms with Gasteiger partial charge in [0.2, 0.25) is 5.43 Å². The second kappa shape index (κ2) is 10.5. The Morgan fingerprint density at radius 2 is 1.66 bits per heavy atom. The lowest BCUT2D eigenvalue weighted by molar-refractivity contribution is -0.136. The maximum absolute atomic E-state index is 13.2. The van der Waals surface area contributed by atoms with Crippen LogP contribution in [-0.4, -0.2) is 17.2 Å². The highest BCUT2D eigenvalue weighted by Crippen LogP contribution is 2.32. The molecule has 0 aliphatic carbocycles. The Morgan fingerprint density at radius 3 is 2.39 bits per heavy atom. The number of ether oxygens (including phenoxy) is 2. The molecule has 0 saturated carbocycles. The first-order chi connectivity index (χ1) is 18.4. The monoisotopic (exact) mass is 509 g/mol. The van der Waals surface area contributed by atoms with E-state index in [1.165, 1.54) is 6.07 Å². The second-order valence-electron chi connectivity index (χ2n) is 8.67. The Hall–Kier alpha value is -5.11. The molecule has 5 aromatic rings. The summed E-state index contributed by atoms with van der Waals surface area (Å²) in [5, 5.41) is 13.5. The van der Waals surface area contributed by atoms with Gasteiger partial charge in [0.15, 0.2) is 6.04 Å². The lowest BCUT2D eigenvalue weighted by atomic mass is 10.1. The van der Waals surface area contributed by atoms with Crippen LogP contribution in [0.1, 0.15) is 22.7 Å². The molecule has 0 aliphatic heterocycles. The average molecular weight is 510 g/mol. The number of fused-ring (bicyclic) bond motifs is 2. The number of para-hydroxylation sites is 1. The number of alkyl carbamates (subject to hydrolysis) is 1. The Morgan fingerprint density at radius 1 is 0.947 bits per heavy atom. The van der Waals surface area contributed by atoms with Gasteiger partial charge in [0.1, 0.15) is 34.7 Å². The number of nitrogens with one attached hydrogen (secondary N) is 1. The largest absolute Gasteiger partial charge is 0.507 e. The predicted octanol–water partition coefficient (Wildman–Crippen LogP) is 5.53. The number of aromatic hydroxyl groups is 1. The molecule has 1 heterocycles. The summed E-state index contributed by atoms with van der Waals surface area (Å²) in [6.07, 6.45) is -0.811. The number of phenols is 1. The molecule has 8 heteroatoms. The molecule has 2 N–H and O–H groups in total. The standard InChI is InChI=1S/C30H23NO7/c1-18-9-8-14-22-27(33)25-23(32)15-21(16-24(25)38-28(18)22)37-29(34)26(20-12-6-3-7-13-20)31-30(35)36-17-19-10-4-2-5-11-19/h2-16,26,32H,17H2,1H3,(H,31,35). The summed E-state index contributed by atoms with van der Waals surface area (Å²) in [6.45, 7) is 1.82. The third kappa shape index (κ3) is 5.05. The fourth-order valence-electron chi connectivity index (χ4n) is 4.14. The molecule has 190 valence electrons. The molecule has 8 nitrogen and oxygen atoms in total. The van der Waals surface area contributed by atoms with Crippen LogP contribution in [0, 0.1) is 6.92 Å². The first kappa shape index (κ1) is 24.6. The Bertz CT molecular complexity index is 1700. The minimum atomic E-state index is -1.21. The molecule has 0 saturated heterocycles. The fourth-order valence-corrected chi connectivity index (χ4v) is 4.14. The number of aryl methyl sites for hydroxylation is 1. The van der Waals surface area contributed by atoms with E-state index in [1.807, 2.05) is 30.3 Å². The molecular weight excluding hydrogens is 486 g/mol. The van der Waals surface area contributed by atoms with Crippen LogP contribution < -0.4 is 15.5 Å². The number of esters is 1. The maximum atomic E-state index is 13.2. The minimum absolute atomic E-state index is 0.0220. The van der Waals surface area contributed by atoms with Crippen LogP contribution in [0.3, 0.4) is 0 Å². The second-order valence-corrected chi connectivity index (χ2v) is 8.67. The van der Waals surface area contributed by atoms with Gasteiger partial charge < -0.3 is 24.3 Å². The first-order valence-corrected chi connectivity index (χ1v) is 11.8. The highest BCUT2D eigenvalue weighted by Gasteiger charge is 2.26. The zero-order valence-electron chi connectivity index (χ0n) is 20.3. The van der Waals surface area contributed by atoms with Crippen LogP contribution in [0.5, 0.6) is 11.5 Å². The molecule has 1 unspecified atom stereocenters. The van der Waals surface area contributed by atoms with E-state index in [0.29, 0.717) is 16.5 Å². The van der Waals surface area contributed by atoms with Gasteiger partial charge in [-0.3, -0.25) is 4.79 Å². The van der Waals surface area contributed by atoms with Crippen molar-refractivity contribution in [1.82, 2.24) is 5.32 Å². The van der Waals surface area contributed by atoms with E-state index in [0.717, 1.165) is 17.2 Å². The van der Waals surface area contributed by atoms with Crippen molar-refractivity contribution in [2.24, 2.45) is 0 Å². The average Bonchev–Trinajstić information content (AvgIpc) is 2.92. The van der Waals surface area contributed by atoms with Gasteiger partial charge >= 0.3 is 12.1 Å². The summed E-state index contributed by atoms with van der Waals surface area (Å²) < 4.78 is 16.7. The van der Waals surface area contributed by atoms with Crippen molar-refractivity contribution >= 4 is 34.0 Å². The lowest BCUT2D eigenvalue weighted by Crippen LogP contribution is -2.36. The molecule has 5 rings (SSSR count). The van der Waals surface area contributed by atoms with Crippen molar-refractivity contribution < 1.29 is 28.6 Å². The highest BCUT2D eigenvalue weighted by atomic mass is 16.6. The van der Waals surface area contributed by atoms with E-state index in [1.54, 1.807) is 55.5 Å². The molecule has 1 atom stereocenters. The van der Waals surface area contributed by atoms with Crippen LogP contribution in [-0.2, 0) is 16.1 Å². The third-order valence-electron chi connectivity index (χ3n) is 6.01. The molecule has 0 radical (unpaired) electrons. The minimum Gasteiger partial charge on any atom is -0.507 e. The summed E-state index contributed by atoms with van der Waals surface area (Å²) in [4.78, 5) is 38.8. The maximum Gasteiger partial charge on any atom is 0.408 e.